The fraction of sp³-hybridized carbons (Fsp3) is 0.769. The van der Waals surface area contributed by atoms with Crippen molar-refractivity contribution in [3.8, 4) is 0 Å². The highest BCUT2D eigenvalue weighted by molar-refractivity contribution is 6.04. The van der Waals surface area contributed by atoms with E-state index < -0.39 is 11.6 Å². The zero-order valence-corrected chi connectivity index (χ0v) is 11.3. The summed E-state index contributed by atoms with van der Waals surface area (Å²) in [4.78, 5) is 37.7. The van der Waals surface area contributed by atoms with Crippen molar-refractivity contribution in [3.63, 3.8) is 0 Å². The lowest BCUT2D eigenvalue weighted by molar-refractivity contribution is -0.138. The van der Waals surface area contributed by atoms with E-state index in [1.54, 1.807) is 4.90 Å². The van der Waals surface area contributed by atoms with E-state index in [-0.39, 0.29) is 30.8 Å². The van der Waals surface area contributed by atoms with Crippen LogP contribution >= 0.6 is 0 Å². The van der Waals surface area contributed by atoms with E-state index in [9.17, 15) is 19.5 Å². The first-order valence-corrected chi connectivity index (χ1v) is 7.08. The Bertz CT molecular complexity index is 445. The lowest BCUT2D eigenvalue weighted by Crippen LogP contribution is -2.48. The summed E-state index contributed by atoms with van der Waals surface area (Å²) < 4.78 is 0. The first kappa shape index (κ1) is 13.4. The summed E-state index contributed by atoms with van der Waals surface area (Å²) in [5, 5.41) is 12.6. The number of hydrogen-bond donors (Lipinski definition) is 2. The average Bonchev–Trinajstić information content (AvgIpc) is 3.13. The van der Waals surface area contributed by atoms with Gasteiger partial charge in [-0.05, 0) is 25.7 Å². The number of carbonyl (C=O) groups excluding carboxylic acids is 3. The molecule has 1 aliphatic carbocycles. The van der Waals surface area contributed by atoms with Crippen molar-refractivity contribution in [1.82, 2.24) is 15.1 Å². The van der Waals surface area contributed by atoms with Crippen LogP contribution in [0.3, 0.4) is 0 Å². The van der Waals surface area contributed by atoms with Gasteiger partial charge >= 0.3 is 6.03 Å². The normalized spacial score (nSPS) is 28.6. The van der Waals surface area contributed by atoms with Gasteiger partial charge in [-0.15, -0.1) is 0 Å². The number of urea groups is 1. The van der Waals surface area contributed by atoms with Crippen molar-refractivity contribution < 1.29 is 19.5 Å². The van der Waals surface area contributed by atoms with Gasteiger partial charge in [-0.2, -0.15) is 0 Å². The zero-order valence-electron chi connectivity index (χ0n) is 11.3. The molecular weight excluding hydrogens is 262 g/mol. The van der Waals surface area contributed by atoms with Gasteiger partial charge in [0, 0.05) is 19.0 Å². The van der Waals surface area contributed by atoms with Crippen molar-refractivity contribution in [3.05, 3.63) is 0 Å². The molecule has 2 aliphatic heterocycles. The number of rotatable bonds is 3. The van der Waals surface area contributed by atoms with Gasteiger partial charge < -0.3 is 15.3 Å². The van der Waals surface area contributed by atoms with Crippen LogP contribution in [0.2, 0.25) is 0 Å². The summed E-state index contributed by atoms with van der Waals surface area (Å²) >= 11 is 0. The minimum atomic E-state index is -0.584. The Labute approximate surface area is 116 Å². The molecule has 1 atom stereocenters. The number of imide groups is 1. The number of amides is 4. The number of nitrogens with zero attached hydrogens (tertiary/aromatic N) is 2. The molecule has 0 aromatic carbocycles. The van der Waals surface area contributed by atoms with Crippen LogP contribution in [-0.4, -0.2) is 64.5 Å². The van der Waals surface area contributed by atoms with Gasteiger partial charge in [0.15, 0.2) is 0 Å². The molecule has 0 radical (unpaired) electrons. The average molecular weight is 281 g/mol. The van der Waals surface area contributed by atoms with Gasteiger partial charge in [0.25, 0.3) is 5.91 Å². The molecule has 20 heavy (non-hydrogen) atoms. The van der Waals surface area contributed by atoms with Crippen LogP contribution in [0.4, 0.5) is 4.79 Å². The minimum absolute atomic E-state index is 0.0332. The molecular formula is C13H19N3O4. The SMILES string of the molecule is O=C(CN1C(=O)CNC1=O)N1CCCC(C2(O)CC2)C1. The third kappa shape index (κ3) is 2.37. The number of carbonyl (C=O) groups is 3. The fourth-order valence-electron chi connectivity index (χ4n) is 3.03. The van der Waals surface area contributed by atoms with Crippen LogP contribution in [0.25, 0.3) is 0 Å². The molecule has 3 fully saturated rings. The molecule has 7 nitrogen and oxygen atoms in total. The highest BCUT2D eigenvalue weighted by Crippen LogP contribution is 2.45. The first-order valence-electron chi connectivity index (χ1n) is 7.08. The van der Waals surface area contributed by atoms with Crippen LogP contribution < -0.4 is 5.32 Å². The molecule has 110 valence electrons. The number of aliphatic hydroxyl groups is 1. The molecule has 2 N–H and O–H groups in total. The second-order valence-electron chi connectivity index (χ2n) is 5.92. The molecule has 4 amide bonds. The van der Waals surface area contributed by atoms with Gasteiger partial charge in [-0.3, -0.25) is 14.5 Å². The summed E-state index contributed by atoms with van der Waals surface area (Å²) in [5.74, 6) is -0.453. The quantitative estimate of drug-likeness (QED) is 0.670. The summed E-state index contributed by atoms with van der Waals surface area (Å²) in [6.45, 7) is 0.929. The van der Waals surface area contributed by atoms with Crippen LogP contribution in [0.5, 0.6) is 0 Å². The van der Waals surface area contributed by atoms with Crippen LogP contribution in [0.1, 0.15) is 25.7 Å². The smallest absolute Gasteiger partial charge is 0.325 e. The maximum absolute atomic E-state index is 12.2. The fourth-order valence-corrected chi connectivity index (χ4v) is 3.03. The third-order valence-corrected chi connectivity index (χ3v) is 4.53. The summed E-state index contributed by atoms with van der Waals surface area (Å²) in [7, 11) is 0. The number of likely N-dealkylation sites (tertiary alicyclic amines) is 1. The Kier molecular flexibility index (Phi) is 3.16. The van der Waals surface area contributed by atoms with Crippen LogP contribution in [-0.2, 0) is 9.59 Å². The second kappa shape index (κ2) is 4.73. The summed E-state index contributed by atoms with van der Waals surface area (Å²) in [6.07, 6.45) is 3.42. The molecule has 7 heteroatoms. The van der Waals surface area contributed by atoms with E-state index in [2.05, 4.69) is 5.32 Å². The first-order chi connectivity index (χ1) is 9.49. The largest absolute Gasteiger partial charge is 0.390 e. The maximum atomic E-state index is 12.2. The van der Waals surface area contributed by atoms with E-state index in [4.69, 9.17) is 0 Å². The molecule has 0 spiro atoms. The van der Waals surface area contributed by atoms with Crippen molar-refractivity contribution in [2.24, 2.45) is 5.92 Å². The topological polar surface area (TPSA) is 90.0 Å². The van der Waals surface area contributed by atoms with E-state index in [0.717, 1.165) is 30.6 Å². The van der Waals surface area contributed by atoms with Gasteiger partial charge in [-0.25, -0.2) is 4.79 Å². The summed E-state index contributed by atoms with van der Waals surface area (Å²) in [5.41, 5.74) is -0.584. The van der Waals surface area contributed by atoms with Crippen molar-refractivity contribution in [1.29, 1.82) is 0 Å². The second-order valence-corrected chi connectivity index (χ2v) is 5.92. The van der Waals surface area contributed by atoms with Crippen molar-refractivity contribution >= 4 is 17.8 Å². The Hall–Kier alpha value is -1.63. The van der Waals surface area contributed by atoms with E-state index in [0.29, 0.717) is 13.1 Å². The zero-order chi connectivity index (χ0) is 14.3. The monoisotopic (exact) mass is 281 g/mol. The predicted octanol–water partition coefficient (Wildman–Crippen LogP) is -0.698. The van der Waals surface area contributed by atoms with E-state index >= 15 is 0 Å². The van der Waals surface area contributed by atoms with E-state index in [1.807, 2.05) is 0 Å². The predicted molar refractivity (Wildman–Crippen MR) is 68.6 cm³/mol. The highest BCUT2D eigenvalue weighted by Gasteiger charge is 2.49. The maximum Gasteiger partial charge on any atom is 0.325 e. The van der Waals surface area contributed by atoms with Crippen molar-refractivity contribution in [2.75, 3.05) is 26.2 Å². The summed E-state index contributed by atoms with van der Waals surface area (Å²) in [6, 6.07) is -0.502. The lowest BCUT2D eigenvalue weighted by Gasteiger charge is -2.35. The number of nitrogens with one attached hydrogen (secondary N) is 1. The van der Waals surface area contributed by atoms with Gasteiger partial charge in [0.05, 0.1) is 12.1 Å². The molecule has 0 aromatic rings. The number of hydrogen-bond acceptors (Lipinski definition) is 4. The lowest BCUT2D eigenvalue weighted by atomic mass is 9.90. The molecule has 1 saturated carbocycles. The molecule has 0 aromatic heterocycles. The molecule has 3 rings (SSSR count). The Balaban J connectivity index is 1.59. The molecule has 0 bridgehead atoms. The van der Waals surface area contributed by atoms with Gasteiger partial charge in [0.2, 0.25) is 5.91 Å². The number of piperidine rings is 1. The third-order valence-electron chi connectivity index (χ3n) is 4.53. The molecule has 3 aliphatic rings. The standard InChI is InChI=1S/C13H19N3O4/c17-10-6-14-12(19)16(10)8-11(18)15-5-1-2-9(7-15)13(20)3-4-13/h9,20H,1-8H2,(H,14,19). The van der Waals surface area contributed by atoms with Gasteiger partial charge in [-0.1, -0.05) is 0 Å². The van der Waals surface area contributed by atoms with Crippen molar-refractivity contribution in [2.45, 2.75) is 31.3 Å². The van der Waals surface area contributed by atoms with Crippen LogP contribution in [0, 0.1) is 5.92 Å². The molecule has 2 saturated heterocycles. The molecule has 2 heterocycles. The van der Waals surface area contributed by atoms with Gasteiger partial charge in [0.1, 0.15) is 6.54 Å². The van der Waals surface area contributed by atoms with E-state index in [1.165, 1.54) is 0 Å². The highest BCUT2D eigenvalue weighted by atomic mass is 16.3. The molecule has 1 unspecified atom stereocenters. The Morgan fingerprint density at radius 2 is 2.15 bits per heavy atom. The Morgan fingerprint density at radius 3 is 2.75 bits per heavy atom. The Morgan fingerprint density at radius 1 is 1.40 bits per heavy atom. The minimum Gasteiger partial charge on any atom is -0.390 e. The van der Waals surface area contributed by atoms with Crippen LogP contribution in [0.15, 0.2) is 0 Å².